The van der Waals surface area contributed by atoms with Crippen LogP contribution in [0.2, 0.25) is 0 Å². The number of hydrogen-bond donors (Lipinski definition) is 2. The molecule has 0 unspecified atom stereocenters. The smallest absolute Gasteiger partial charge is 0.269 e. The second-order valence-electron chi connectivity index (χ2n) is 0.470. The maximum atomic E-state index is 9.12. The Hall–Kier alpha value is -0.810. The van der Waals surface area contributed by atoms with Gasteiger partial charge in [0.15, 0.2) is 0 Å². The van der Waals surface area contributed by atoms with E-state index in [0.717, 1.165) is 0 Å². The third kappa shape index (κ3) is 3.19. The van der Waals surface area contributed by atoms with Gasteiger partial charge in [-0.3, -0.25) is 5.84 Å². The standard InChI is InChI=1S/CH4N2O3/c2-3-6-1(4)5/h3H,2H2,(H,4,5)/p-1. The summed E-state index contributed by atoms with van der Waals surface area (Å²) in [7, 11) is 0. The van der Waals surface area contributed by atoms with Crippen molar-refractivity contribution < 1.29 is 14.7 Å². The molecule has 0 atom stereocenters. The van der Waals surface area contributed by atoms with Crippen molar-refractivity contribution in [3.05, 3.63) is 0 Å². The Balaban J connectivity index is 2.83. The van der Waals surface area contributed by atoms with E-state index in [9.17, 15) is 0 Å². The van der Waals surface area contributed by atoms with Crippen LogP contribution in [0.25, 0.3) is 0 Å². The molecule has 0 radical (unpaired) electrons. The summed E-state index contributed by atoms with van der Waals surface area (Å²) in [4.78, 5) is 12.5. The van der Waals surface area contributed by atoms with Gasteiger partial charge in [-0.15, -0.1) is 0 Å². The lowest BCUT2D eigenvalue weighted by molar-refractivity contribution is -0.290. The zero-order valence-electron chi connectivity index (χ0n) is 2.80. The lowest BCUT2D eigenvalue weighted by Crippen LogP contribution is -2.34. The molecule has 5 heteroatoms. The molecular weight excluding hydrogens is 88.0 g/mol. The fourth-order valence-corrected chi connectivity index (χ4v) is 0.0481. The topological polar surface area (TPSA) is 87.4 Å². The van der Waals surface area contributed by atoms with Crippen LogP contribution in [0, 0.1) is 0 Å². The predicted octanol–water partition coefficient (Wildman–Crippen LogP) is -2.28. The molecule has 0 aromatic carbocycles. The van der Waals surface area contributed by atoms with Gasteiger partial charge in [0.05, 0.1) is 0 Å². The molecule has 0 amide bonds. The molecule has 0 fully saturated rings. The van der Waals surface area contributed by atoms with E-state index in [1.165, 1.54) is 5.59 Å². The quantitative estimate of drug-likeness (QED) is 0.280. The van der Waals surface area contributed by atoms with Crippen LogP contribution in [0.3, 0.4) is 0 Å². The maximum Gasteiger partial charge on any atom is 0.269 e. The number of carboxylic acid groups (broad SMARTS) is 1. The first kappa shape index (κ1) is 5.19. The Labute approximate surface area is 33.6 Å². The van der Waals surface area contributed by atoms with Gasteiger partial charge in [-0.05, 0) is 0 Å². The Bertz CT molecular complexity index is 52.8. The normalized spacial score (nSPS) is 7.50. The van der Waals surface area contributed by atoms with Crippen LogP contribution in [0.15, 0.2) is 0 Å². The van der Waals surface area contributed by atoms with Crippen molar-refractivity contribution in [3.8, 4) is 0 Å². The lowest BCUT2D eigenvalue weighted by atomic mass is 11.4. The van der Waals surface area contributed by atoms with Crippen LogP contribution in [-0.4, -0.2) is 6.16 Å². The molecule has 0 aliphatic rings. The SMILES string of the molecule is NNOC(=O)[O-]. The fourth-order valence-electron chi connectivity index (χ4n) is 0.0481. The van der Waals surface area contributed by atoms with Crippen LogP contribution in [0.5, 0.6) is 0 Å². The van der Waals surface area contributed by atoms with E-state index < -0.39 is 6.16 Å². The summed E-state index contributed by atoms with van der Waals surface area (Å²) in [5.41, 5.74) is 1.41. The van der Waals surface area contributed by atoms with Crippen molar-refractivity contribution in [2.24, 2.45) is 5.84 Å². The largest absolute Gasteiger partial charge is 0.454 e. The van der Waals surface area contributed by atoms with E-state index in [1.54, 1.807) is 0 Å². The average Bonchev–Trinajstić information content (AvgIpc) is 1.35. The van der Waals surface area contributed by atoms with E-state index in [2.05, 4.69) is 10.7 Å². The van der Waals surface area contributed by atoms with Gasteiger partial charge in [-0.1, -0.05) is 0 Å². The second kappa shape index (κ2) is 2.43. The molecule has 0 aliphatic carbocycles. The molecule has 0 saturated carbocycles. The number of hydrazine groups is 1. The highest BCUT2D eigenvalue weighted by Gasteiger charge is 1.69. The minimum absolute atomic E-state index is 1.41. The minimum atomic E-state index is -1.70. The summed E-state index contributed by atoms with van der Waals surface area (Å²) in [6.45, 7) is 0. The monoisotopic (exact) mass is 91.0 g/mol. The fraction of sp³-hybridized carbons (Fsp3) is 0. The average molecular weight is 91.0 g/mol. The van der Waals surface area contributed by atoms with Crippen molar-refractivity contribution in [1.29, 1.82) is 0 Å². The van der Waals surface area contributed by atoms with E-state index in [0.29, 0.717) is 0 Å². The van der Waals surface area contributed by atoms with E-state index in [1.807, 2.05) is 0 Å². The highest BCUT2D eigenvalue weighted by atomic mass is 16.8. The van der Waals surface area contributed by atoms with Crippen LogP contribution in [-0.2, 0) is 4.84 Å². The first-order valence-corrected chi connectivity index (χ1v) is 1.11. The first-order chi connectivity index (χ1) is 2.77. The summed E-state index contributed by atoms with van der Waals surface area (Å²) in [5.74, 6) is 4.34. The molecule has 0 saturated heterocycles. The third-order valence-electron chi connectivity index (χ3n) is 0.142. The molecule has 0 aromatic heterocycles. The summed E-state index contributed by atoms with van der Waals surface area (Å²) in [6, 6.07) is 0. The molecule has 36 valence electrons. The third-order valence-corrected chi connectivity index (χ3v) is 0.142. The lowest BCUT2D eigenvalue weighted by Gasteiger charge is -2.00. The molecule has 0 spiro atoms. The number of carbonyl (C=O) groups is 1. The summed E-state index contributed by atoms with van der Waals surface area (Å²) in [5, 5.41) is 9.12. The summed E-state index contributed by atoms with van der Waals surface area (Å²) in [6.07, 6.45) is -1.70. The van der Waals surface area contributed by atoms with Crippen LogP contribution >= 0.6 is 0 Å². The predicted molar refractivity (Wildman–Crippen MR) is 13.8 cm³/mol. The maximum absolute atomic E-state index is 9.12. The van der Waals surface area contributed by atoms with Crippen LogP contribution in [0.1, 0.15) is 0 Å². The zero-order valence-corrected chi connectivity index (χ0v) is 2.80. The van der Waals surface area contributed by atoms with Gasteiger partial charge >= 0.3 is 0 Å². The second-order valence-corrected chi connectivity index (χ2v) is 0.470. The van der Waals surface area contributed by atoms with E-state index in [4.69, 9.17) is 9.90 Å². The molecule has 6 heavy (non-hydrogen) atoms. The van der Waals surface area contributed by atoms with Crippen molar-refractivity contribution in [2.45, 2.75) is 0 Å². The van der Waals surface area contributed by atoms with Gasteiger partial charge in [0.2, 0.25) is 0 Å². The van der Waals surface area contributed by atoms with Gasteiger partial charge in [-0.2, -0.15) is 5.59 Å². The van der Waals surface area contributed by atoms with Crippen molar-refractivity contribution in [3.63, 3.8) is 0 Å². The van der Waals surface area contributed by atoms with Crippen molar-refractivity contribution in [2.75, 3.05) is 0 Å². The molecule has 0 aliphatic heterocycles. The van der Waals surface area contributed by atoms with Gasteiger partial charge in [0, 0.05) is 0 Å². The Morgan fingerprint density at radius 2 is 2.50 bits per heavy atom. The van der Waals surface area contributed by atoms with Gasteiger partial charge in [0.25, 0.3) is 6.16 Å². The number of rotatable bonds is 1. The minimum Gasteiger partial charge on any atom is -0.454 e. The molecular formula is CH3N2O3-. The van der Waals surface area contributed by atoms with E-state index >= 15 is 0 Å². The molecule has 0 rings (SSSR count). The Morgan fingerprint density at radius 3 is 2.50 bits per heavy atom. The first-order valence-electron chi connectivity index (χ1n) is 1.11. The zero-order chi connectivity index (χ0) is 4.99. The Kier molecular flexibility index (Phi) is 2.10. The van der Waals surface area contributed by atoms with Crippen molar-refractivity contribution in [1.82, 2.24) is 5.59 Å². The molecule has 0 aromatic rings. The number of hydrogen-bond acceptors (Lipinski definition) is 5. The Morgan fingerprint density at radius 1 is 2.00 bits per heavy atom. The van der Waals surface area contributed by atoms with E-state index in [-0.39, 0.29) is 0 Å². The van der Waals surface area contributed by atoms with Gasteiger partial charge < -0.3 is 14.7 Å². The highest BCUT2D eigenvalue weighted by molar-refractivity contribution is 5.53. The van der Waals surface area contributed by atoms with Crippen LogP contribution < -0.4 is 16.5 Å². The summed E-state index contributed by atoms with van der Waals surface area (Å²) < 4.78 is 0. The number of nitrogens with one attached hydrogen (secondary N) is 1. The van der Waals surface area contributed by atoms with Crippen molar-refractivity contribution >= 4 is 6.16 Å². The summed E-state index contributed by atoms with van der Waals surface area (Å²) >= 11 is 0. The van der Waals surface area contributed by atoms with Gasteiger partial charge in [0.1, 0.15) is 0 Å². The van der Waals surface area contributed by atoms with Gasteiger partial charge in [-0.25, -0.2) is 0 Å². The van der Waals surface area contributed by atoms with Crippen LogP contribution in [0.4, 0.5) is 4.79 Å². The molecule has 3 N–H and O–H groups in total. The molecule has 0 heterocycles. The number of carbonyl (C=O) groups excluding carboxylic acids is 1. The molecule has 0 bridgehead atoms. The number of nitrogens with two attached hydrogens (primary N) is 1. The highest BCUT2D eigenvalue weighted by Crippen LogP contribution is 1.52. The molecule has 5 nitrogen and oxygen atoms in total.